The van der Waals surface area contributed by atoms with Crippen molar-refractivity contribution in [3.8, 4) is 0 Å². The molecule has 0 aliphatic rings. The lowest BCUT2D eigenvalue weighted by atomic mass is 10.0. The lowest BCUT2D eigenvalue weighted by Crippen LogP contribution is -2.51. The molecule has 4 nitrogen and oxygen atoms in total. The van der Waals surface area contributed by atoms with Crippen molar-refractivity contribution in [2.75, 3.05) is 0 Å². The Labute approximate surface area is 175 Å². The smallest absolute Gasteiger partial charge is 0.243 e. The molecule has 156 valence electrons. The van der Waals surface area contributed by atoms with Crippen LogP contribution in [0.5, 0.6) is 0 Å². The van der Waals surface area contributed by atoms with E-state index in [1.54, 1.807) is 4.90 Å². The highest BCUT2D eigenvalue weighted by molar-refractivity contribution is 5.88. The van der Waals surface area contributed by atoms with Crippen molar-refractivity contribution in [1.29, 1.82) is 0 Å². The zero-order valence-electron chi connectivity index (χ0n) is 18.4. The monoisotopic (exact) mass is 394 g/mol. The molecule has 0 radical (unpaired) electrons. The van der Waals surface area contributed by atoms with Crippen LogP contribution >= 0.6 is 0 Å². The molecular weight excluding hydrogens is 360 g/mol. The molecule has 0 bridgehead atoms. The molecule has 29 heavy (non-hydrogen) atoms. The topological polar surface area (TPSA) is 49.4 Å². The first-order valence-electron chi connectivity index (χ1n) is 10.5. The van der Waals surface area contributed by atoms with Crippen LogP contribution in [0.1, 0.15) is 55.9 Å². The van der Waals surface area contributed by atoms with Crippen LogP contribution in [0.3, 0.4) is 0 Å². The summed E-state index contributed by atoms with van der Waals surface area (Å²) in [4.78, 5) is 28.0. The second-order valence-corrected chi connectivity index (χ2v) is 7.92. The summed E-state index contributed by atoms with van der Waals surface area (Å²) in [5.74, 6) is -0.100. The summed E-state index contributed by atoms with van der Waals surface area (Å²) >= 11 is 0. The highest BCUT2D eigenvalue weighted by Gasteiger charge is 2.29. The molecule has 4 heteroatoms. The van der Waals surface area contributed by atoms with Crippen molar-refractivity contribution in [3.63, 3.8) is 0 Å². The number of rotatable bonds is 9. The fourth-order valence-electron chi connectivity index (χ4n) is 3.59. The third-order valence-corrected chi connectivity index (χ3v) is 5.22. The molecule has 2 atom stereocenters. The molecule has 0 aliphatic heterocycles. The Morgan fingerprint density at radius 2 is 1.55 bits per heavy atom. The van der Waals surface area contributed by atoms with Gasteiger partial charge < -0.3 is 10.2 Å². The maximum absolute atomic E-state index is 13.3. The van der Waals surface area contributed by atoms with Gasteiger partial charge in [0, 0.05) is 12.6 Å². The highest BCUT2D eigenvalue weighted by Crippen LogP contribution is 2.16. The van der Waals surface area contributed by atoms with Gasteiger partial charge in [-0.15, -0.1) is 0 Å². The van der Waals surface area contributed by atoms with Crippen molar-refractivity contribution in [3.05, 3.63) is 70.8 Å². The van der Waals surface area contributed by atoms with Crippen LogP contribution in [0.15, 0.2) is 48.5 Å². The normalized spacial score (nSPS) is 12.9. The Balaban J connectivity index is 2.29. The Morgan fingerprint density at radius 3 is 2.10 bits per heavy atom. The van der Waals surface area contributed by atoms with Crippen LogP contribution in [0.25, 0.3) is 0 Å². The first kappa shape index (κ1) is 22.7. The first-order valence-corrected chi connectivity index (χ1v) is 10.5. The molecule has 2 aromatic rings. The first-order chi connectivity index (χ1) is 13.8. The molecule has 2 amide bonds. The summed E-state index contributed by atoms with van der Waals surface area (Å²) in [5, 5.41) is 3.05. The molecule has 0 saturated carbocycles. The van der Waals surface area contributed by atoms with E-state index in [0.717, 1.165) is 28.7 Å². The number of hydrogen-bond donors (Lipinski definition) is 1. The fourth-order valence-corrected chi connectivity index (χ4v) is 3.59. The van der Waals surface area contributed by atoms with Crippen molar-refractivity contribution in [1.82, 2.24) is 10.2 Å². The summed E-state index contributed by atoms with van der Waals surface area (Å²) in [7, 11) is 0. The standard InChI is InChI=1S/C25H34N2O2/c1-6-20(5)26-25(29)23(7-2)27(17-21-11-9-8-10-12-21)24(28)16-22-14-18(3)13-19(4)15-22/h8-15,20,23H,6-7,16-17H2,1-5H3,(H,26,29)/t20-,23-/m1/s1. The SMILES string of the molecule is CC[C@@H](C)NC(=O)[C@@H](CC)N(Cc1ccccc1)C(=O)Cc1cc(C)cc(C)c1. The van der Waals surface area contributed by atoms with E-state index in [2.05, 4.69) is 11.4 Å². The van der Waals surface area contributed by atoms with Crippen molar-refractivity contribution in [2.24, 2.45) is 0 Å². The van der Waals surface area contributed by atoms with E-state index in [1.165, 1.54) is 0 Å². The van der Waals surface area contributed by atoms with Gasteiger partial charge in [0.2, 0.25) is 11.8 Å². The van der Waals surface area contributed by atoms with Gasteiger partial charge in [0.05, 0.1) is 6.42 Å². The highest BCUT2D eigenvalue weighted by atomic mass is 16.2. The average Bonchev–Trinajstić information content (AvgIpc) is 2.67. The molecule has 0 heterocycles. The second kappa shape index (κ2) is 10.8. The van der Waals surface area contributed by atoms with Crippen molar-refractivity contribution < 1.29 is 9.59 Å². The zero-order valence-corrected chi connectivity index (χ0v) is 18.4. The van der Waals surface area contributed by atoms with Gasteiger partial charge in [0.25, 0.3) is 0 Å². The maximum Gasteiger partial charge on any atom is 0.243 e. The Bertz CT molecular complexity index is 797. The molecular formula is C25H34N2O2. The van der Waals surface area contributed by atoms with E-state index < -0.39 is 6.04 Å². The van der Waals surface area contributed by atoms with Gasteiger partial charge >= 0.3 is 0 Å². The molecule has 0 saturated heterocycles. The lowest BCUT2D eigenvalue weighted by molar-refractivity contribution is -0.141. The number of carbonyl (C=O) groups is 2. The summed E-state index contributed by atoms with van der Waals surface area (Å²) in [6.07, 6.45) is 1.73. The number of nitrogens with zero attached hydrogens (tertiary/aromatic N) is 1. The largest absolute Gasteiger partial charge is 0.352 e. The van der Waals surface area contributed by atoms with E-state index in [9.17, 15) is 9.59 Å². The van der Waals surface area contributed by atoms with E-state index >= 15 is 0 Å². The predicted molar refractivity (Wildman–Crippen MR) is 119 cm³/mol. The van der Waals surface area contributed by atoms with Gasteiger partial charge in [-0.1, -0.05) is 73.5 Å². The summed E-state index contributed by atoms with van der Waals surface area (Å²) < 4.78 is 0. The Morgan fingerprint density at radius 1 is 0.931 bits per heavy atom. The second-order valence-electron chi connectivity index (χ2n) is 7.92. The van der Waals surface area contributed by atoms with Gasteiger partial charge in [-0.2, -0.15) is 0 Å². The predicted octanol–water partition coefficient (Wildman–Crippen LogP) is 4.57. The van der Waals surface area contributed by atoms with Crippen LogP contribution < -0.4 is 5.32 Å². The van der Waals surface area contributed by atoms with Crippen LogP contribution in [0.4, 0.5) is 0 Å². The molecule has 0 fully saturated rings. The Kier molecular flexibility index (Phi) is 8.44. The van der Waals surface area contributed by atoms with Crippen molar-refractivity contribution >= 4 is 11.8 Å². The van der Waals surface area contributed by atoms with Gasteiger partial charge in [0.1, 0.15) is 6.04 Å². The molecule has 2 rings (SSSR count). The van der Waals surface area contributed by atoms with Crippen LogP contribution in [0.2, 0.25) is 0 Å². The summed E-state index contributed by atoms with van der Waals surface area (Å²) in [6, 6.07) is 15.7. The van der Waals surface area contributed by atoms with Gasteiger partial charge in [0.15, 0.2) is 0 Å². The molecule has 0 aliphatic carbocycles. The van der Waals surface area contributed by atoms with E-state index in [0.29, 0.717) is 19.4 Å². The number of aryl methyl sites for hydroxylation is 2. The molecule has 1 N–H and O–H groups in total. The lowest BCUT2D eigenvalue weighted by Gasteiger charge is -2.31. The van der Waals surface area contributed by atoms with Crippen LogP contribution in [-0.4, -0.2) is 28.8 Å². The molecule has 0 aromatic heterocycles. The van der Waals surface area contributed by atoms with Crippen molar-refractivity contribution in [2.45, 2.75) is 72.5 Å². The quantitative estimate of drug-likeness (QED) is 0.677. The number of hydrogen-bond acceptors (Lipinski definition) is 2. The number of amides is 2. The summed E-state index contributed by atoms with van der Waals surface area (Å²) in [5.41, 5.74) is 4.30. The summed E-state index contributed by atoms with van der Waals surface area (Å²) in [6.45, 7) is 10.5. The minimum Gasteiger partial charge on any atom is -0.352 e. The maximum atomic E-state index is 13.3. The van der Waals surface area contributed by atoms with Gasteiger partial charge in [-0.3, -0.25) is 9.59 Å². The third kappa shape index (κ3) is 6.74. The van der Waals surface area contributed by atoms with Gasteiger partial charge in [-0.05, 0) is 44.7 Å². The molecule has 0 spiro atoms. The van der Waals surface area contributed by atoms with Gasteiger partial charge in [-0.25, -0.2) is 0 Å². The van der Waals surface area contributed by atoms with E-state index in [-0.39, 0.29) is 17.9 Å². The molecule has 0 unspecified atom stereocenters. The molecule has 2 aromatic carbocycles. The number of benzene rings is 2. The van der Waals surface area contributed by atoms with Crippen LogP contribution in [0, 0.1) is 13.8 Å². The van der Waals surface area contributed by atoms with Crippen LogP contribution in [-0.2, 0) is 22.6 Å². The number of nitrogens with one attached hydrogen (secondary N) is 1. The average molecular weight is 395 g/mol. The minimum absolute atomic E-state index is 0.0231. The zero-order chi connectivity index (χ0) is 21.4. The minimum atomic E-state index is -0.484. The van der Waals surface area contributed by atoms with E-state index in [4.69, 9.17) is 0 Å². The third-order valence-electron chi connectivity index (χ3n) is 5.22. The Hall–Kier alpha value is -2.62. The number of carbonyl (C=O) groups excluding carboxylic acids is 2. The fraction of sp³-hybridized carbons (Fsp3) is 0.440. The van der Waals surface area contributed by atoms with E-state index in [1.807, 2.05) is 77.1 Å².